The van der Waals surface area contributed by atoms with Gasteiger partial charge in [-0.05, 0) is 81.9 Å². The standard InChI is InChI=1S/C42H27NO9/c44-37-35-36(38(45)43(37)28-15-11-23(12-16-28)39(46)47)42(27-9-5-2-6-10-27)34(25-14-18-30-32(20-25)52-22-50-30)33(24-13-17-29-31(19-24)51-21-49-29)41(35,40(42)48)26-7-3-1-4-8-26/h1-20,35-36H,21-22H2,(H,46,47)/t35-,36-,41-,42-/m0/s1. The number of aromatic carboxylic acids is 1. The number of ketones is 1. The van der Waals surface area contributed by atoms with Crippen molar-refractivity contribution in [3.05, 3.63) is 149 Å². The topological polar surface area (TPSA) is 129 Å². The molecule has 0 aromatic heterocycles. The Morgan fingerprint density at radius 1 is 0.577 bits per heavy atom. The molecule has 1 saturated heterocycles. The average Bonchev–Trinajstić information content (AvgIpc) is 3.98. The number of Topliss-reactive ketones (excluding diaryl/α,β-unsaturated/α-hetero) is 1. The summed E-state index contributed by atoms with van der Waals surface area (Å²) in [5.41, 5.74) is 0.502. The average molecular weight is 690 g/mol. The number of imide groups is 1. The van der Waals surface area contributed by atoms with Crippen molar-refractivity contribution in [2.45, 2.75) is 10.8 Å². The van der Waals surface area contributed by atoms with E-state index >= 15 is 14.4 Å². The van der Waals surface area contributed by atoms with Crippen LogP contribution in [0.25, 0.3) is 11.1 Å². The van der Waals surface area contributed by atoms with Gasteiger partial charge in [0.1, 0.15) is 0 Å². The van der Waals surface area contributed by atoms with Crippen molar-refractivity contribution in [3.8, 4) is 23.0 Å². The largest absolute Gasteiger partial charge is 0.478 e. The van der Waals surface area contributed by atoms with Gasteiger partial charge in [-0.25, -0.2) is 9.69 Å². The molecule has 10 heteroatoms. The van der Waals surface area contributed by atoms with Crippen LogP contribution in [0.4, 0.5) is 5.69 Å². The molecule has 4 atom stereocenters. The molecule has 2 amide bonds. The zero-order valence-electron chi connectivity index (χ0n) is 27.3. The van der Waals surface area contributed by atoms with Crippen molar-refractivity contribution in [3.63, 3.8) is 0 Å². The minimum Gasteiger partial charge on any atom is -0.478 e. The first-order valence-corrected chi connectivity index (χ1v) is 16.8. The number of allylic oxidation sites excluding steroid dienone is 2. The van der Waals surface area contributed by atoms with Gasteiger partial charge in [-0.1, -0.05) is 72.8 Å². The van der Waals surface area contributed by atoms with E-state index in [1.807, 2.05) is 84.9 Å². The van der Waals surface area contributed by atoms with Crippen LogP contribution in [0.1, 0.15) is 32.6 Å². The Balaban J connectivity index is 1.34. The number of nitrogens with zero attached hydrogens (tertiary/aromatic N) is 1. The molecule has 5 aromatic carbocycles. The van der Waals surface area contributed by atoms with Crippen LogP contribution >= 0.6 is 0 Å². The number of carboxylic acids is 1. The zero-order chi connectivity index (χ0) is 35.4. The van der Waals surface area contributed by atoms with Crippen molar-refractivity contribution >= 4 is 40.4 Å². The first kappa shape index (κ1) is 30.2. The highest BCUT2D eigenvalue weighted by Gasteiger charge is 2.82. The lowest BCUT2D eigenvalue weighted by Crippen LogP contribution is -2.45. The van der Waals surface area contributed by atoms with E-state index < -0.39 is 40.4 Å². The van der Waals surface area contributed by atoms with Crippen molar-refractivity contribution in [1.82, 2.24) is 0 Å². The highest BCUT2D eigenvalue weighted by molar-refractivity contribution is 6.39. The van der Waals surface area contributed by atoms with Gasteiger partial charge in [-0.3, -0.25) is 14.4 Å². The predicted octanol–water partition coefficient (Wildman–Crippen LogP) is 6.03. The Bertz CT molecular complexity index is 2280. The molecule has 52 heavy (non-hydrogen) atoms. The number of hydrogen-bond acceptors (Lipinski definition) is 8. The van der Waals surface area contributed by atoms with Crippen LogP contribution in [-0.4, -0.2) is 42.3 Å². The molecule has 10 nitrogen and oxygen atoms in total. The summed E-state index contributed by atoms with van der Waals surface area (Å²) in [4.78, 5) is 59.4. The van der Waals surface area contributed by atoms with Crippen LogP contribution in [0.15, 0.2) is 121 Å². The third-order valence-corrected chi connectivity index (χ3v) is 11.1. The molecule has 2 aliphatic carbocycles. The van der Waals surface area contributed by atoms with E-state index in [2.05, 4.69) is 0 Å². The van der Waals surface area contributed by atoms with E-state index in [-0.39, 0.29) is 30.6 Å². The molecule has 254 valence electrons. The maximum Gasteiger partial charge on any atom is 0.335 e. The van der Waals surface area contributed by atoms with Gasteiger partial charge in [-0.2, -0.15) is 0 Å². The fraction of sp³-hybridized carbons (Fsp3) is 0.143. The summed E-state index contributed by atoms with van der Waals surface area (Å²) in [6, 6.07) is 35.0. The van der Waals surface area contributed by atoms with E-state index in [0.717, 1.165) is 4.90 Å². The number of ether oxygens (including phenoxy) is 4. The van der Waals surface area contributed by atoms with E-state index in [9.17, 15) is 9.90 Å². The summed E-state index contributed by atoms with van der Waals surface area (Å²) < 4.78 is 23.0. The Morgan fingerprint density at radius 3 is 1.46 bits per heavy atom. The van der Waals surface area contributed by atoms with Gasteiger partial charge in [-0.15, -0.1) is 0 Å². The van der Waals surface area contributed by atoms with Gasteiger partial charge in [0.25, 0.3) is 0 Å². The maximum atomic E-state index is 16.2. The molecule has 1 N–H and O–H groups in total. The second kappa shape index (κ2) is 10.7. The van der Waals surface area contributed by atoms with E-state index in [1.165, 1.54) is 24.3 Å². The number of rotatable bonds is 6. The van der Waals surface area contributed by atoms with Gasteiger partial charge >= 0.3 is 5.97 Å². The molecule has 10 rings (SSSR count). The molecule has 3 aliphatic heterocycles. The smallest absolute Gasteiger partial charge is 0.335 e. The molecule has 0 radical (unpaired) electrons. The molecule has 3 heterocycles. The molecular weight excluding hydrogens is 662 g/mol. The SMILES string of the molecule is O=C(O)c1ccc(N2C(=O)[C@@H]3[C@@H](C2=O)[C@@]2(c4ccccc4)C(=O)[C@@]3(c3ccccc3)C(c3ccc4c(c3)OCO4)=C2c2ccc3c(c2)OCO3)cc1. The van der Waals surface area contributed by atoms with Gasteiger partial charge in [0.15, 0.2) is 28.8 Å². The number of fused-ring (bicyclic) bond motifs is 7. The third-order valence-electron chi connectivity index (χ3n) is 11.1. The highest BCUT2D eigenvalue weighted by Crippen LogP contribution is 2.74. The lowest BCUT2D eigenvalue weighted by atomic mass is 9.59. The fourth-order valence-electron chi connectivity index (χ4n) is 9.24. The summed E-state index contributed by atoms with van der Waals surface area (Å²) in [5.74, 6) is -2.74. The third kappa shape index (κ3) is 3.67. The van der Waals surface area contributed by atoms with Crippen molar-refractivity contribution in [2.75, 3.05) is 18.5 Å². The molecule has 5 aromatic rings. The van der Waals surface area contributed by atoms with Crippen LogP contribution in [0.5, 0.6) is 23.0 Å². The molecule has 5 aliphatic rings. The van der Waals surface area contributed by atoms with Crippen molar-refractivity contribution in [2.24, 2.45) is 11.8 Å². The number of carbonyl (C=O) groups is 4. The summed E-state index contributed by atoms with van der Waals surface area (Å²) in [5, 5.41) is 9.57. The quantitative estimate of drug-likeness (QED) is 0.213. The minimum absolute atomic E-state index is 0.0108. The minimum atomic E-state index is -1.65. The Labute approximate surface area is 296 Å². The number of carboxylic acid groups (broad SMARTS) is 1. The molecule has 0 unspecified atom stereocenters. The predicted molar refractivity (Wildman–Crippen MR) is 186 cm³/mol. The zero-order valence-corrected chi connectivity index (χ0v) is 27.3. The summed E-state index contributed by atoms with van der Waals surface area (Å²) in [7, 11) is 0. The van der Waals surface area contributed by atoms with E-state index in [4.69, 9.17) is 18.9 Å². The number of amides is 2. The van der Waals surface area contributed by atoms with Crippen molar-refractivity contribution < 1.29 is 43.2 Å². The summed E-state index contributed by atoms with van der Waals surface area (Å²) in [6.45, 7) is 0.0771. The van der Waals surface area contributed by atoms with Crippen LogP contribution < -0.4 is 23.8 Å². The first-order valence-electron chi connectivity index (χ1n) is 16.8. The highest BCUT2D eigenvalue weighted by atomic mass is 16.7. The first-order chi connectivity index (χ1) is 25.4. The molecular formula is C42H27NO9. The number of anilines is 1. The molecule has 2 fully saturated rings. The number of hydrogen-bond donors (Lipinski definition) is 1. The second-order valence-corrected chi connectivity index (χ2v) is 13.4. The Morgan fingerprint density at radius 2 is 1.02 bits per heavy atom. The van der Waals surface area contributed by atoms with Crippen LogP contribution in [0.3, 0.4) is 0 Å². The Hall–Kier alpha value is -6.68. The number of carbonyl (C=O) groups excluding carboxylic acids is 3. The summed E-state index contributed by atoms with van der Waals surface area (Å²) >= 11 is 0. The van der Waals surface area contributed by atoms with Gasteiger partial charge in [0.05, 0.1) is 33.9 Å². The van der Waals surface area contributed by atoms with E-state index in [1.54, 1.807) is 12.1 Å². The Kier molecular flexibility index (Phi) is 6.19. The summed E-state index contributed by atoms with van der Waals surface area (Å²) in [6.07, 6.45) is 0. The fourth-order valence-corrected chi connectivity index (χ4v) is 9.24. The normalized spacial score (nSPS) is 24.9. The number of benzene rings is 5. The molecule has 2 bridgehead atoms. The molecule has 1 saturated carbocycles. The molecule has 0 spiro atoms. The van der Waals surface area contributed by atoms with Gasteiger partial charge in [0.2, 0.25) is 25.4 Å². The maximum absolute atomic E-state index is 16.2. The lowest BCUT2D eigenvalue weighted by Gasteiger charge is -2.39. The van der Waals surface area contributed by atoms with Crippen LogP contribution in [0.2, 0.25) is 0 Å². The van der Waals surface area contributed by atoms with Crippen LogP contribution in [-0.2, 0) is 25.2 Å². The second-order valence-electron chi connectivity index (χ2n) is 13.4. The van der Waals surface area contributed by atoms with Gasteiger partial charge < -0.3 is 24.1 Å². The van der Waals surface area contributed by atoms with Crippen molar-refractivity contribution in [1.29, 1.82) is 0 Å². The lowest BCUT2D eigenvalue weighted by molar-refractivity contribution is -0.130. The van der Waals surface area contributed by atoms with Gasteiger partial charge in [0, 0.05) is 0 Å². The van der Waals surface area contributed by atoms with Crippen LogP contribution in [0, 0.1) is 11.8 Å². The van der Waals surface area contributed by atoms with E-state index in [0.29, 0.717) is 56.4 Å². The monoisotopic (exact) mass is 689 g/mol.